The van der Waals surface area contributed by atoms with Gasteiger partial charge in [0.1, 0.15) is 0 Å². The van der Waals surface area contributed by atoms with Gasteiger partial charge >= 0.3 is 0 Å². The fourth-order valence-corrected chi connectivity index (χ4v) is 4.34. The first-order valence-electron chi connectivity index (χ1n) is 7.98. The maximum atomic E-state index is 12.2. The number of nitrogens with zero attached hydrogens (tertiary/aromatic N) is 2. The van der Waals surface area contributed by atoms with Gasteiger partial charge < -0.3 is 4.52 Å². The lowest BCUT2D eigenvalue weighted by molar-refractivity contribution is 0.383. The van der Waals surface area contributed by atoms with Gasteiger partial charge in [0.15, 0.2) is 5.82 Å². The molecular formula is C16H21N3O3S. The zero-order chi connectivity index (χ0) is 16.1. The van der Waals surface area contributed by atoms with Crippen molar-refractivity contribution in [3.63, 3.8) is 0 Å². The molecule has 7 heteroatoms. The second-order valence-electron chi connectivity index (χ2n) is 5.99. The van der Waals surface area contributed by atoms with Gasteiger partial charge in [0.05, 0.1) is 12.3 Å². The highest BCUT2D eigenvalue weighted by atomic mass is 32.2. The molecule has 0 spiro atoms. The number of aromatic nitrogens is 2. The van der Waals surface area contributed by atoms with Crippen LogP contribution >= 0.6 is 0 Å². The summed E-state index contributed by atoms with van der Waals surface area (Å²) in [6.45, 7) is 0.0609. The molecule has 1 N–H and O–H groups in total. The third-order valence-electron chi connectivity index (χ3n) is 4.12. The van der Waals surface area contributed by atoms with Crippen molar-refractivity contribution in [2.24, 2.45) is 5.92 Å². The Labute approximate surface area is 136 Å². The molecule has 0 amide bonds. The van der Waals surface area contributed by atoms with Crippen LogP contribution < -0.4 is 4.72 Å². The highest BCUT2D eigenvalue weighted by Crippen LogP contribution is 2.24. The van der Waals surface area contributed by atoms with Gasteiger partial charge in [-0.05, 0) is 30.9 Å². The molecule has 1 aromatic carbocycles. The molecule has 2 aromatic rings. The minimum atomic E-state index is -3.31. The van der Waals surface area contributed by atoms with Gasteiger partial charge in [-0.15, -0.1) is 0 Å². The van der Waals surface area contributed by atoms with Crippen molar-refractivity contribution in [3.8, 4) is 11.5 Å². The summed E-state index contributed by atoms with van der Waals surface area (Å²) in [6, 6.07) is 9.40. The second kappa shape index (κ2) is 7.23. The Morgan fingerprint density at radius 3 is 2.61 bits per heavy atom. The highest BCUT2D eigenvalue weighted by molar-refractivity contribution is 7.89. The van der Waals surface area contributed by atoms with E-state index in [1.807, 2.05) is 30.3 Å². The van der Waals surface area contributed by atoms with Crippen molar-refractivity contribution in [3.05, 3.63) is 36.2 Å². The molecule has 1 aliphatic carbocycles. The molecule has 1 aliphatic rings. The summed E-state index contributed by atoms with van der Waals surface area (Å²) in [5, 5.41) is 3.83. The summed E-state index contributed by atoms with van der Waals surface area (Å²) >= 11 is 0. The minimum Gasteiger partial charge on any atom is -0.334 e. The number of hydrogen-bond acceptors (Lipinski definition) is 5. The average Bonchev–Trinajstić information content (AvgIpc) is 3.04. The van der Waals surface area contributed by atoms with E-state index in [2.05, 4.69) is 14.9 Å². The van der Waals surface area contributed by atoms with Crippen molar-refractivity contribution < 1.29 is 12.9 Å². The first-order valence-corrected chi connectivity index (χ1v) is 9.63. The van der Waals surface area contributed by atoms with Gasteiger partial charge in [0, 0.05) is 5.56 Å². The van der Waals surface area contributed by atoms with Crippen molar-refractivity contribution in [2.75, 3.05) is 5.75 Å². The van der Waals surface area contributed by atoms with Crippen LogP contribution in [-0.2, 0) is 16.6 Å². The molecule has 0 aliphatic heterocycles. The molecule has 0 saturated heterocycles. The summed E-state index contributed by atoms with van der Waals surface area (Å²) in [4.78, 5) is 4.23. The van der Waals surface area contributed by atoms with Crippen LogP contribution in [0.4, 0.5) is 0 Å². The van der Waals surface area contributed by atoms with E-state index in [4.69, 9.17) is 4.52 Å². The lowest BCUT2D eigenvalue weighted by Gasteiger charge is -2.21. The lowest BCUT2D eigenvalue weighted by Crippen LogP contribution is -2.30. The van der Waals surface area contributed by atoms with Crippen LogP contribution in [0.1, 0.15) is 37.9 Å². The minimum absolute atomic E-state index is 0.0609. The van der Waals surface area contributed by atoms with E-state index in [-0.39, 0.29) is 18.2 Å². The monoisotopic (exact) mass is 335 g/mol. The summed E-state index contributed by atoms with van der Waals surface area (Å²) in [5.41, 5.74) is 0.816. The van der Waals surface area contributed by atoms with Gasteiger partial charge in [-0.3, -0.25) is 0 Å². The summed E-state index contributed by atoms with van der Waals surface area (Å²) in [6.07, 6.45) is 5.48. The van der Waals surface area contributed by atoms with E-state index >= 15 is 0 Å². The van der Waals surface area contributed by atoms with Crippen LogP contribution in [0, 0.1) is 5.92 Å². The van der Waals surface area contributed by atoms with Crippen LogP contribution in [-0.4, -0.2) is 24.3 Å². The highest BCUT2D eigenvalue weighted by Gasteiger charge is 2.21. The van der Waals surface area contributed by atoms with Gasteiger partial charge in [-0.25, -0.2) is 13.1 Å². The third-order valence-corrected chi connectivity index (χ3v) is 5.61. The fraction of sp³-hybridized carbons (Fsp3) is 0.500. The Balaban J connectivity index is 1.56. The van der Waals surface area contributed by atoms with E-state index in [1.54, 1.807) is 0 Å². The molecule has 0 atom stereocenters. The quantitative estimate of drug-likeness (QED) is 0.877. The molecule has 1 aromatic heterocycles. The van der Waals surface area contributed by atoms with Crippen LogP contribution in [0.15, 0.2) is 34.9 Å². The van der Waals surface area contributed by atoms with E-state index < -0.39 is 10.0 Å². The maximum absolute atomic E-state index is 12.2. The van der Waals surface area contributed by atoms with E-state index in [1.165, 1.54) is 6.42 Å². The smallest absolute Gasteiger partial charge is 0.257 e. The molecule has 1 fully saturated rings. The Kier molecular flexibility index (Phi) is 5.07. The topological polar surface area (TPSA) is 85.1 Å². The third kappa shape index (κ3) is 4.62. The van der Waals surface area contributed by atoms with Crippen LogP contribution in [0.2, 0.25) is 0 Å². The van der Waals surface area contributed by atoms with Crippen molar-refractivity contribution in [2.45, 2.75) is 38.6 Å². The normalized spacial score (nSPS) is 16.5. The number of benzene rings is 1. The Bertz CT molecular complexity index is 722. The summed E-state index contributed by atoms with van der Waals surface area (Å²) in [7, 11) is -3.31. The standard InChI is InChI=1S/C16H21N3O3S/c20-23(21,12-13-7-3-1-4-8-13)17-11-15-18-16(22-19-15)14-9-5-2-6-10-14/h2,5-6,9-10,13,17H,1,3-4,7-8,11-12H2. The SMILES string of the molecule is O=S(=O)(CC1CCCCC1)NCc1noc(-c2ccccc2)n1. The predicted molar refractivity (Wildman–Crippen MR) is 86.9 cm³/mol. The molecule has 23 heavy (non-hydrogen) atoms. The zero-order valence-electron chi connectivity index (χ0n) is 12.9. The van der Waals surface area contributed by atoms with E-state index in [0.717, 1.165) is 31.2 Å². The van der Waals surface area contributed by atoms with Crippen LogP contribution in [0.5, 0.6) is 0 Å². The van der Waals surface area contributed by atoms with Gasteiger partial charge in [-0.2, -0.15) is 4.98 Å². The summed E-state index contributed by atoms with van der Waals surface area (Å²) in [5.74, 6) is 1.20. The maximum Gasteiger partial charge on any atom is 0.257 e. The molecule has 3 rings (SSSR count). The van der Waals surface area contributed by atoms with Gasteiger partial charge in [-0.1, -0.05) is 42.6 Å². The lowest BCUT2D eigenvalue weighted by atomic mass is 9.91. The molecule has 124 valence electrons. The van der Waals surface area contributed by atoms with E-state index in [9.17, 15) is 8.42 Å². The molecule has 0 bridgehead atoms. The average molecular weight is 335 g/mol. The Morgan fingerprint density at radius 1 is 1.13 bits per heavy atom. The number of nitrogens with one attached hydrogen (secondary N) is 1. The summed E-state index contributed by atoms with van der Waals surface area (Å²) < 4.78 is 32.0. The van der Waals surface area contributed by atoms with Crippen molar-refractivity contribution in [1.29, 1.82) is 0 Å². The number of rotatable bonds is 6. The van der Waals surface area contributed by atoms with E-state index in [0.29, 0.717) is 11.7 Å². The molecular weight excluding hydrogens is 314 g/mol. The van der Waals surface area contributed by atoms with Gasteiger partial charge in [0.2, 0.25) is 10.0 Å². The molecule has 1 saturated carbocycles. The van der Waals surface area contributed by atoms with Crippen LogP contribution in [0.3, 0.4) is 0 Å². The number of hydrogen-bond donors (Lipinski definition) is 1. The molecule has 1 heterocycles. The molecule has 0 unspecified atom stereocenters. The predicted octanol–water partition coefficient (Wildman–Crippen LogP) is 2.74. The largest absolute Gasteiger partial charge is 0.334 e. The van der Waals surface area contributed by atoms with Crippen molar-refractivity contribution >= 4 is 10.0 Å². The first-order chi connectivity index (χ1) is 11.1. The second-order valence-corrected chi connectivity index (χ2v) is 7.84. The first kappa shape index (κ1) is 16.1. The Morgan fingerprint density at radius 2 is 1.87 bits per heavy atom. The molecule has 6 nitrogen and oxygen atoms in total. The fourth-order valence-electron chi connectivity index (χ4n) is 2.92. The van der Waals surface area contributed by atoms with Crippen LogP contribution in [0.25, 0.3) is 11.5 Å². The zero-order valence-corrected chi connectivity index (χ0v) is 13.8. The molecule has 0 radical (unpaired) electrons. The Hall–Kier alpha value is -1.73. The van der Waals surface area contributed by atoms with Gasteiger partial charge in [0.25, 0.3) is 5.89 Å². The number of sulfonamides is 1. The van der Waals surface area contributed by atoms with Crippen molar-refractivity contribution in [1.82, 2.24) is 14.9 Å².